The Morgan fingerprint density at radius 3 is 2.48 bits per heavy atom. The molecule has 0 saturated heterocycles. The summed E-state index contributed by atoms with van der Waals surface area (Å²) in [6.45, 7) is 4.85. The maximum atomic E-state index is 12.8. The number of H-pyrrole nitrogens is 1. The quantitative estimate of drug-likeness (QED) is 0.699. The molecule has 0 bridgehead atoms. The van der Waals surface area contributed by atoms with Crippen LogP contribution in [-0.4, -0.2) is 28.6 Å². The van der Waals surface area contributed by atoms with E-state index in [0.717, 1.165) is 5.56 Å². The van der Waals surface area contributed by atoms with E-state index in [1.807, 2.05) is 0 Å². The van der Waals surface area contributed by atoms with Crippen LogP contribution in [0, 0.1) is 19.7 Å². The maximum absolute atomic E-state index is 12.8. The molecule has 7 heteroatoms. The molecule has 0 saturated carbocycles. The smallest absolute Gasteiger partial charge is 0.355 e. The summed E-state index contributed by atoms with van der Waals surface area (Å²) in [5.74, 6) is -1.48. The third-order valence-corrected chi connectivity index (χ3v) is 3.85. The summed E-state index contributed by atoms with van der Waals surface area (Å²) < 4.78 is 17.8. The van der Waals surface area contributed by atoms with Crippen molar-refractivity contribution >= 4 is 11.9 Å². The van der Waals surface area contributed by atoms with E-state index in [9.17, 15) is 19.1 Å². The number of ether oxygens (including phenoxy) is 1. The van der Waals surface area contributed by atoms with Crippen LogP contribution >= 0.6 is 0 Å². The first-order valence-corrected chi connectivity index (χ1v) is 7.85. The van der Waals surface area contributed by atoms with Crippen LogP contribution in [0.4, 0.5) is 4.39 Å². The molecule has 0 radical (unpaired) electrons. The number of rotatable bonds is 6. The Morgan fingerprint density at radius 2 is 1.92 bits per heavy atom. The molecular weight excluding hydrogens is 327 g/mol. The highest BCUT2D eigenvalue weighted by molar-refractivity contribution is 5.91. The zero-order chi connectivity index (χ0) is 18.6. The van der Waals surface area contributed by atoms with Gasteiger partial charge in [0.25, 0.3) is 5.91 Å². The van der Waals surface area contributed by atoms with Crippen LogP contribution in [0.25, 0.3) is 0 Å². The number of aromatic nitrogens is 1. The molecule has 0 aliphatic heterocycles. The first kappa shape index (κ1) is 18.7. The summed E-state index contributed by atoms with van der Waals surface area (Å²) in [5, 5.41) is 12.3. The molecule has 25 heavy (non-hydrogen) atoms. The number of hydrogen-bond acceptors (Lipinski definition) is 4. The number of hydrogen-bond donors (Lipinski definition) is 3. The molecule has 1 atom stereocenters. The van der Waals surface area contributed by atoms with Gasteiger partial charge < -0.3 is 20.1 Å². The van der Waals surface area contributed by atoms with Gasteiger partial charge in [-0.25, -0.2) is 9.18 Å². The van der Waals surface area contributed by atoms with Gasteiger partial charge in [-0.3, -0.25) is 4.79 Å². The third-order valence-electron chi connectivity index (χ3n) is 3.85. The summed E-state index contributed by atoms with van der Waals surface area (Å²) in [6.07, 6.45) is -0.711. The zero-order valence-electron chi connectivity index (χ0n) is 14.4. The van der Waals surface area contributed by atoms with E-state index < -0.39 is 24.6 Å². The monoisotopic (exact) mass is 348 g/mol. The van der Waals surface area contributed by atoms with Crippen molar-refractivity contribution in [1.29, 1.82) is 0 Å². The Labute approximate surface area is 145 Å². The molecule has 0 aliphatic rings. The van der Waals surface area contributed by atoms with E-state index in [1.165, 1.54) is 12.1 Å². The van der Waals surface area contributed by atoms with E-state index in [1.54, 1.807) is 32.9 Å². The molecule has 1 aromatic heterocycles. The number of aliphatic hydroxyl groups excluding tert-OH is 1. The highest BCUT2D eigenvalue weighted by Crippen LogP contribution is 2.24. The van der Waals surface area contributed by atoms with Crippen LogP contribution in [0.1, 0.15) is 45.9 Å². The lowest BCUT2D eigenvalue weighted by Crippen LogP contribution is -2.28. The minimum absolute atomic E-state index is 0.212. The average molecular weight is 348 g/mol. The second-order valence-corrected chi connectivity index (χ2v) is 5.82. The van der Waals surface area contributed by atoms with Crippen LogP contribution in [0.2, 0.25) is 0 Å². The van der Waals surface area contributed by atoms with E-state index >= 15 is 0 Å². The Morgan fingerprint density at radius 1 is 1.28 bits per heavy atom. The normalized spacial score (nSPS) is 11.9. The second kappa shape index (κ2) is 7.94. The number of nitrogens with one attached hydrogen (secondary N) is 2. The Bertz CT molecular complexity index is 766. The molecule has 2 rings (SSSR count). The fraction of sp³-hybridized carbons (Fsp3) is 0.333. The Hall–Kier alpha value is -2.67. The van der Waals surface area contributed by atoms with Gasteiger partial charge in [-0.1, -0.05) is 12.1 Å². The lowest BCUT2D eigenvalue weighted by molar-refractivity contribution is -0.124. The molecule has 2 aromatic rings. The zero-order valence-corrected chi connectivity index (χ0v) is 14.4. The van der Waals surface area contributed by atoms with Gasteiger partial charge in [0.2, 0.25) is 0 Å². The van der Waals surface area contributed by atoms with Crippen LogP contribution < -0.4 is 5.32 Å². The van der Waals surface area contributed by atoms with Crippen molar-refractivity contribution in [3.05, 3.63) is 58.2 Å². The predicted octanol–water partition coefficient (Wildman–Crippen LogP) is 2.30. The molecule has 0 aliphatic carbocycles. The van der Waals surface area contributed by atoms with E-state index in [0.29, 0.717) is 16.8 Å². The molecule has 1 amide bonds. The molecule has 0 fully saturated rings. The fourth-order valence-electron chi connectivity index (χ4n) is 2.65. The topological polar surface area (TPSA) is 91.4 Å². The largest absolute Gasteiger partial charge is 0.451 e. The molecular formula is C18H21FN2O4. The van der Waals surface area contributed by atoms with E-state index in [-0.39, 0.29) is 18.1 Å². The molecule has 0 unspecified atom stereocenters. The highest BCUT2D eigenvalue weighted by atomic mass is 19.1. The standard InChI is InChI=1S/C18H21FN2O4/c1-10-16(12(3)22)11(2)21-17(10)18(24)25-9-15(23)20-8-13-4-6-14(19)7-5-13/h4-7,12,21-22H,8-9H2,1-3H3,(H,20,23)/t12-/m1/s1. The van der Waals surface area contributed by atoms with Crippen molar-refractivity contribution in [2.24, 2.45) is 0 Å². The van der Waals surface area contributed by atoms with Crippen LogP contribution in [0.15, 0.2) is 24.3 Å². The highest BCUT2D eigenvalue weighted by Gasteiger charge is 2.21. The summed E-state index contributed by atoms with van der Waals surface area (Å²) in [4.78, 5) is 26.8. The third kappa shape index (κ3) is 4.67. The van der Waals surface area contributed by atoms with Gasteiger partial charge in [0.15, 0.2) is 6.61 Å². The molecule has 1 heterocycles. The molecule has 0 spiro atoms. The van der Waals surface area contributed by atoms with E-state index in [4.69, 9.17) is 4.74 Å². The van der Waals surface area contributed by atoms with Crippen LogP contribution in [0.5, 0.6) is 0 Å². The number of aryl methyl sites for hydroxylation is 1. The first-order valence-electron chi connectivity index (χ1n) is 7.85. The Kier molecular flexibility index (Phi) is 5.93. The summed E-state index contributed by atoms with van der Waals surface area (Å²) in [6, 6.07) is 5.73. The molecule has 3 N–H and O–H groups in total. The first-order chi connectivity index (χ1) is 11.8. The summed E-state index contributed by atoms with van der Waals surface area (Å²) >= 11 is 0. The summed E-state index contributed by atoms with van der Waals surface area (Å²) in [7, 11) is 0. The average Bonchev–Trinajstić information content (AvgIpc) is 2.86. The predicted molar refractivity (Wildman–Crippen MR) is 89.4 cm³/mol. The molecule has 6 nitrogen and oxygen atoms in total. The fourth-order valence-corrected chi connectivity index (χ4v) is 2.65. The van der Waals surface area contributed by atoms with Gasteiger partial charge in [-0.2, -0.15) is 0 Å². The minimum Gasteiger partial charge on any atom is -0.451 e. The van der Waals surface area contributed by atoms with Gasteiger partial charge in [0.1, 0.15) is 11.5 Å². The SMILES string of the molecule is Cc1[nH]c(C(=O)OCC(=O)NCc2ccc(F)cc2)c(C)c1[C@@H](C)O. The van der Waals surface area contributed by atoms with Gasteiger partial charge in [-0.15, -0.1) is 0 Å². The number of aromatic amines is 1. The van der Waals surface area contributed by atoms with Gasteiger partial charge >= 0.3 is 5.97 Å². The summed E-state index contributed by atoms with van der Waals surface area (Å²) in [5.41, 5.74) is 2.88. The lowest BCUT2D eigenvalue weighted by Gasteiger charge is -2.07. The van der Waals surface area contributed by atoms with Crippen molar-refractivity contribution in [2.75, 3.05) is 6.61 Å². The Balaban J connectivity index is 1.88. The van der Waals surface area contributed by atoms with Gasteiger partial charge in [0.05, 0.1) is 6.10 Å². The number of carbonyl (C=O) groups is 2. The van der Waals surface area contributed by atoms with Gasteiger partial charge in [0, 0.05) is 17.8 Å². The van der Waals surface area contributed by atoms with Crippen molar-refractivity contribution in [3.8, 4) is 0 Å². The second-order valence-electron chi connectivity index (χ2n) is 5.82. The minimum atomic E-state index is -0.711. The van der Waals surface area contributed by atoms with E-state index in [2.05, 4.69) is 10.3 Å². The number of benzene rings is 1. The van der Waals surface area contributed by atoms with Crippen molar-refractivity contribution in [2.45, 2.75) is 33.4 Å². The van der Waals surface area contributed by atoms with Crippen molar-refractivity contribution < 1.29 is 23.8 Å². The van der Waals surface area contributed by atoms with Gasteiger partial charge in [-0.05, 0) is 44.0 Å². The maximum Gasteiger partial charge on any atom is 0.355 e. The number of aliphatic hydroxyl groups is 1. The number of carbonyl (C=O) groups excluding carboxylic acids is 2. The molecule has 134 valence electrons. The lowest BCUT2D eigenvalue weighted by atomic mass is 10.1. The van der Waals surface area contributed by atoms with Crippen LogP contribution in [0.3, 0.4) is 0 Å². The molecule has 1 aromatic carbocycles. The van der Waals surface area contributed by atoms with Crippen molar-refractivity contribution in [3.63, 3.8) is 0 Å². The van der Waals surface area contributed by atoms with Crippen molar-refractivity contribution in [1.82, 2.24) is 10.3 Å². The number of amides is 1. The number of esters is 1. The number of halogens is 1. The van der Waals surface area contributed by atoms with Crippen LogP contribution in [-0.2, 0) is 16.1 Å².